The summed E-state index contributed by atoms with van der Waals surface area (Å²) in [6, 6.07) is 0. The third-order valence-corrected chi connectivity index (χ3v) is 11.6. The maximum absolute atomic E-state index is 9.60. The number of aliphatic hydroxyl groups is 1. The Morgan fingerprint density at radius 1 is 1.21 bits per heavy atom. The van der Waals surface area contributed by atoms with E-state index >= 15 is 0 Å². The second kappa shape index (κ2) is 9.27. The lowest BCUT2D eigenvalue weighted by Gasteiger charge is -2.38. The van der Waals surface area contributed by atoms with Crippen LogP contribution in [0.4, 0.5) is 0 Å². The molecule has 1 N–H and O–H groups in total. The van der Waals surface area contributed by atoms with E-state index in [2.05, 4.69) is 46.0 Å². The van der Waals surface area contributed by atoms with E-state index in [-0.39, 0.29) is 48.1 Å². The molecule has 1 saturated carbocycles. The Bertz CT molecular complexity index is 524. The van der Waals surface area contributed by atoms with Gasteiger partial charge in [0.15, 0.2) is 14.6 Å². The molecular formula is C22H40O5Si. The van der Waals surface area contributed by atoms with Crippen molar-refractivity contribution in [1.29, 1.82) is 0 Å². The maximum atomic E-state index is 9.60. The molecule has 6 atom stereocenters. The summed E-state index contributed by atoms with van der Waals surface area (Å²) in [5.41, 5.74) is 0. The van der Waals surface area contributed by atoms with Crippen molar-refractivity contribution in [2.45, 2.75) is 95.6 Å². The summed E-state index contributed by atoms with van der Waals surface area (Å²) in [7, 11) is -1.84. The van der Waals surface area contributed by atoms with E-state index in [0.29, 0.717) is 6.61 Å². The minimum absolute atomic E-state index is 0.0654. The fraction of sp³-hybridized carbons (Fsp3) is 0.909. The Labute approximate surface area is 171 Å². The molecule has 0 bridgehead atoms. The van der Waals surface area contributed by atoms with Crippen LogP contribution in [0.25, 0.3) is 0 Å². The Balaban J connectivity index is 1.72. The molecule has 0 aromatic carbocycles. The Morgan fingerprint density at radius 3 is 2.64 bits per heavy atom. The monoisotopic (exact) mass is 412 g/mol. The molecule has 2 heterocycles. The number of hydrogen-bond acceptors (Lipinski definition) is 5. The molecule has 5 nitrogen and oxygen atoms in total. The SMILES string of the molecule is CC(C)(C)[Si](C)(C)OC[C@@H]1[C@H]2C=CC[C@H](CO)O[C@H]2C[C@H]1OC1CCCCO1. The van der Waals surface area contributed by atoms with Crippen LogP contribution in [0.1, 0.15) is 52.9 Å². The van der Waals surface area contributed by atoms with E-state index in [1.54, 1.807) is 0 Å². The van der Waals surface area contributed by atoms with E-state index in [1.807, 2.05) is 0 Å². The van der Waals surface area contributed by atoms with Gasteiger partial charge < -0.3 is 23.7 Å². The number of fused-ring (bicyclic) bond motifs is 1. The third-order valence-electron chi connectivity index (χ3n) is 7.10. The van der Waals surface area contributed by atoms with Crippen LogP contribution in [-0.2, 0) is 18.6 Å². The van der Waals surface area contributed by atoms with Crippen LogP contribution in [-0.4, -0.2) is 57.8 Å². The Hall–Kier alpha value is -0.243. The highest BCUT2D eigenvalue weighted by molar-refractivity contribution is 6.74. The molecule has 0 radical (unpaired) electrons. The highest BCUT2D eigenvalue weighted by Gasteiger charge is 2.47. The molecule has 2 fully saturated rings. The van der Waals surface area contributed by atoms with Gasteiger partial charge in [-0.25, -0.2) is 0 Å². The minimum atomic E-state index is -1.84. The summed E-state index contributed by atoms with van der Waals surface area (Å²) < 4.78 is 25.2. The molecule has 162 valence electrons. The molecule has 1 aliphatic carbocycles. The molecule has 0 aromatic rings. The van der Waals surface area contributed by atoms with Crippen LogP contribution in [0.3, 0.4) is 0 Å². The first-order chi connectivity index (χ1) is 13.2. The average Bonchev–Trinajstić information content (AvgIpc) is 2.82. The smallest absolute Gasteiger partial charge is 0.191 e. The Morgan fingerprint density at radius 2 is 2.00 bits per heavy atom. The van der Waals surface area contributed by atoms with Crippen molar-refractivity contribution < 1.29 is 23.7 Å². The van der Waals surface area contributed by atoms with Crippen molar-refractivity contribution in [1.82, 2.24) is 0 Å². The van der Waals surface area contributed by atoms with Gasteiger partial charge in [0.05, 0.1) is 24.9 Å². The van der Waals surface area contributed by atoms with Crippen molar-refractivity contribution in [2.75, 3.05) is 19.8 Å². The molecule has 3 rings (SSSR count). The Kier molecular flexibility index (Phi) is 7.43. The van der Waals surface area contributed by atoms with E-state index < -0.39 is 8.32 Å². The summed E-state index contributed by atoms with van der Waals surface area (Å²) in [6.07, 6.45) is 9.27. The van der Waals surface area contributed by atoms with Gasteiger partial charge in [0.2, 0.25) is 0 Å². The standard InChI is InChI=1S/C22H40O5Si/c1-22(2,3)28(4,5)25-15-18-17-10-8-9-16(14-23)26-19(17)13-20(18)27-21-11-6-7-12-24-21/h8,10,16-21,23H,6-7,9,11-15H2,1-5H3/t16-,17-,18-,19+,20-,21?/m1/s1. The molecule has 0 spiro atoms. The van der Waals surface area contributed by atoms with Crippen LogP contribution >= 0.6 is 0 Å². The zero-order valence-corrected chi connectivity index (χ0v) is 19.4. The second-order valence-corrected chi connectivity index (χ2v) is 15.0. The highest BCUT2D eigenvalue weighted by atomic mass is 28.4. The van der Waals surface area contributed by atoms with Gasteiger partial charge >= 0.3 is 0 Å². The number of aliphatic hydroxyl groups excluding tert-OH is 1. The third kappa shape index (κ3) is 5.27. The summed E-state index contributed by atoms with van der Waals surface area (Å²) in [6.45, 7) is 13.0. The van der Waals surface area contributed by atoms with Crippen LogP contribution in [0, 0.1) is 11.8 Å². The quantitative estimate of drug-likeness (QED) is 0.522. The number of rotatable bonds is 6. The van der Waals surface area contributed by atoms with Crippen molar-refractivity contribution in [3.63, 3.8) is 0 Å². The van der Waals surface area contributed by atoms with E-state index in [9.17, 15) is 5.11 Å². The van der Waals surface area contributed by atoms with E-state index in [0.717, 1.165) is 32.3 Å². The lowest BCUT2D eigenvalue weighted by molar-refractivity contribution is -0.197. The fourth-order valence-electron chi connectivity index (χ4n) is 4.21. The molecule has 1 saturated heterocycles. The molecule has 6 heteroatoms. The normalized spacial score (nSPS) is 36.9. The van der Waals surface area contributed by atoms with Crippen molar-refractivity contribution in [3.05, 3.63) is 12.2 Å². The fourth-order valence-corrected chi connectivity index (χ4v) is 5.26. The van der Waals surface area contributed by atoms with Gasteiger partial charge in [-0.1, -0.05) is 32.9 Å². The summed E-state index contributed by atoms with van der Waals surface area (Å²) in [4.78, 5) is 0. The highest BCUT2D eigenvalue weighted by Crippen LogP contribution is 2.43. The van der Waals surface area contributed by atoms with E-state index in [1.165, 1.54) is 6.42 Å². The predicted molar refractivity (Wildman–Crippen MR) is 113 cm³/mol. The minimum Gasteiger partial charge on any atom is -0.416 e. The van der Waals surface area contributed by atoms with Crippen LogP contribution in [0.2, 0.25) is 18.1 Å². The van der Waals surface area contributed by atoms with Gasteiger partial charge in [0.1, 0.15) is 0 Å². The molecule has 3 aliphatic rings. The summed E-state index contributed by atoms with van der Waals surface area (Å²) in [5.74, 6) is 0.535. The van der Waals surface area contributed by atoms with Gasteiger partial charge in [0, 0.05) is 31.5 Å². The first kappa shape index (κ1) is 22.4. The first-order valence-corrected chi connectivity index (χ1v) is 14.0. The first-order valence-electron chi connectivity index (χ1n) is 11.1. The second-order valence-electron chi connectivity index (χ2n) is 10.2. The van der Waals surface area contributed by atoms with Crippen molar-refractivity contribution in [3.8, 4) is 0 Å². The predicted octanol–water partition coefficient (Wildman–Crippen LogP) is 4.26. The zero-order valence-electron chi connectivity index (χ0n) is 18.4. The number of ether oxygens (including phenoxy) is 3. The topological polar surface area (TPSA) is 57.2 Å². The summed E-state index contributed by atoms with van der Waals surface area (Å²) >= 11 is 0. The zero-order chi connectivity index (χ0) is 20.4. The lowest BCUT2D eigenvalue weighted by Crippen LogP contribution is -2.44. The lowest BCUT2D eigenvalue weighted by atomic mass is 9.94. The van der Waals surface area contributed by atoms with Crippen LogP contribution in [0.15, 0.2) is 12.2 Å². The molecule has 0 amide bonds. The van der Waals surface area contributed by atoms with Crippen molar-refractivity contribution >= 4 is 8.32 Å². The van der Waals surface area contributed by atoms with Crippen LogP contribution < -0.4 is 0 Å². The van der Waals surface area contributed by atoms with Gasteiger partial charge in [0.25, 0.3) is 0 Å². The molecule has 0 aromatic heterocycles. The average molecular weight is 413 g/mol. The van der Waals surface area contributed by atoms with Crippen LogP contribution in [0.5, 0.6) is 0 Å². The molecular weight excluding hydrogens is 372 g/mol. The maximum Gasteiger partial charge on any atom is 0.191 e. The van der Waals surface area contributed by atoms with Gasteiger partial charge in [-0.3, -0.25) is 0 Å². The van der Waals surface area contributed by atoms with Gasteiger partial charge in [-0.15, -0.1) is 0 Å². The molecule has 2 aliphatic heterocycles. The van der Waals surface area contributed by atoms with Gasteiger partial charge in [-0.2, -0.15) is 0 Å². The summed E-state index contributed by atoms with van der Waals surface area (Å²) in [5, 5.41) is 9.79. The molecule has 1 unspecified atom stereocenters. The largest absolute Gasteiger partial charge is 0.416 e. The van der Waals surface area contributed by atoms with Crippen molar-refractivity contribution in [2.24, 2.45) is 11.8 Å². The van der Waals surface area contributed by atoms with Gasteiger partial charge in [-0.05, 0) is 43.8 Å². The molecule has 28 heavy (non-hydrogen) atoms. The van der Waals surface area contributed by atoms with E-state index in [4.69, 9.17) is 18.6 Å². The number of hydrogen-bond donors (Lipinski definition) is 1.